The van der Waals surface area contributed by atoms with Gasteiger partial charge in [0.25, 0.3) is 0 Å². The van der Waals surface area contributed by atoms with Crippen LogP contribution in [0.1, 0.15) is 28.4 Å². The largest absolute Gasteiger partial charge is 0.362 e. The molecule has 1 aliphatic heterocycles. The van der Waals surface area contributed by atoms with E-state index < -0.39 is 5.60 Å². The Hall–Kier alpha value is -3.98. The zero-order chi connectivity index (χ0) is 24.2. The van der Waals surface area contributed by atoms with Gasteiger partial charge in [-0.2, -0.15) is 0 Å². The minimum absolute atomic E-state index is 0.0167. The molecule has 1 heterocycles. The van der Waals surface area contributed by atoms with Gasteiger partial charge in [0.15, 0.2) is 0 Å². The highest BCUT2D eigenvalue weighted by Gasteiger charge is 2.44. The molecule has 0 bridgehead atoms. The monoisotopic (exact) mass is 468 g/mol. The fourth-order valence-electron chi connectivity index (χ4n) is 5.03. The summed E-state index contributed by atoms with van der Waals surface area (Å²) in [7, 11) is 0. The van der Waals surface area contributed by atoms with Crippen molar-refractivity contribution in [2.75, 3.05) is 6.61 Å². The summed E-state index contributed by atoms with van der Waals surface area (Å²) in [5.41, 5.74) is 6.21. The van der Waals surface area contributed by atoms with Gasteiger partial charge < -0.3 is 9.47 Å². The maximum Gasteiger partial charge on any atom is 0.143 e. The maximum absolute atomic E-state index is 6.93. The van der Waals surface area contributed by atoms with Crippen molar-refractivity contribution in [3.05, 3.63) is 168 Å². The molecule has 0 spiro atoms. The first-order valence-corrected chi connectivity index (χ1v) is 12.5. The number of epoxide rings is 1. The van der Waals surface area contributed by atoms with Crippen molar-refractivity contribution >= 4 is 0 Å². The Labute approximate surface area is 212 Å². The summed E-state index contributed by atoms with van der Waals surface area (Å²) in [6.07, 6.45) is 0.0675. The zero-order valence-corrected chi connectivity index (χ0v) is 20.0. The van der Waals surface area contributed by atoms with Gasteiger partial charge in [-0.3, -0.25) is 0 Å². The van der Waals surface area contributed by atoms with Gasteiger partial charge in [-0.05, 0) is 33.4 Å². The minimum Gasteiger partial charge on any atom is -0.362 e. The highest BCUT2D eigenvalue weighted by atomic mass is 16.6. The first kappa shape index (κ1) is 22.5. The second kappa shape index (κ2) is 9.94. The first-order valence-electron chi connectivity index (χ1n) is 12.5. The van der Waals surface area contributed by atoms with Gasteiger partial charge >= 0.3 is 0 Å². The molecule has 0 aromatic heterocycles. The van der Waals surface area contributed by atoms with E-state index in [2.05, 4.69) is 121 Å². The van der Waals surface area contributed by atoms with Crippen molar-refractivity contribution in [3.63, 3.8) is 0 Å². The predicted molar refractivity (Wildman–Crippen MR) is 145 cm³/mol. The van der Waals surface area contributed by atoms with E-state index in [1.807, 2.05) is 24.3 Å². The topological polar surface area (TPSA) is 21.8 Å². The maximum atomic E-state index is 6.93. The van der Waals surface area contributed by atoms with Crippen molar-refractivity contribution in [2.24, 2.45) is 0 Å². The van der Waals surface area contributed by atoms with Gasteiger partial charge in [0.05, 0.1) is 6.61 Å². The van der Waals surface area contributed by atoms with Gasteiger partial charge in [-0.25, -0.2) is 0 Å². The van der Waals surface area contributed by atoms with Crippen molar-refractivity contribution < 1.29 is 9.47 Å². The summed E-state index contributed by atoms with van der Waals surface area (Å²) < 4.78 is 13.1. The Balaban J connectivity index is 1.27. The van der Waals surface area contributed by atoms with E-state index in [-0.39, 0.29) is 12.2 Å². The summed E-state index contributed by atoms with van der Waals surface area (Å²) in [5.74, 6) is 0. The van der Waals surface area contributed by atoms with E-state index in [1.165, 1.54) is 16.7 Å². The van der Waals surface area contributed by atoms with Crippen LogP contribution in [0.2, 0.25) is 0 Å². The van der Waals surface area contributed by atoms with Crippen LogP contribution >= 0.6 is 0 Å². The molecule has 0 saturated carbocycles. The fraction of sp³-hybridized carbons (Fsp3) is 0.118. The molecule has 36 heavy (non-hydrogen) atoms. The molecule has 2 atom stereocenters. The van der Waals surface area contributed by atoms with Crippen LogP contribution in [0.5, 0.6) is 0 Å². The van der Waals surface area contributed by atoms with E-state index in [4.69, 9.17) is 9.47 Å². The van der Waals surface area contributed by atoms with Gasteiger partial charge in [-0.1, -0.05) is 146 Å². The molecule has 1 aliphatic rings. The van der Waals surface area contributed by atoms with Crippen LogP contribution in [0.3, 0.4) is 0 Å². The normalized spacial score (nSPS) is 17.0. The van der Waals surface area contributed by atoms with Gasteiger partial charge in [0.1, 0.15) is 17.8 Å². The van der Waals surface area contributed by atoms with E-state index >= 15 is 0 Å². The number of benzene rings is 5. The van der Waals surface area contributed by atoms with Gasteiger partial charge in [-0.15, -0.1) is 0 Å². The average molecular weight is 469 g/mol. The zero-order valence-electron chi connectivity index (χ0n) is 20.0. The summed E-state index contributed by atoms with van der Waals surface area (Å²) >= 11 is 0. The quantitative estimate of drug-likeness (QED) is 0.171. The number of ether oxygens (including phenoxy) is 2. The molecule has 0 aliphatic carbocycles. The van der Waals surface area contributed by atoms with Crippen molar-refractivity contribution in [2.45, 2.75) is 17.8 Å². The average Bonchev–Trinajstić information content (AvgIpc) is 3.76. The summed E-state index contributed by atoms with van der Waals surface area (Å²) in [6, 6.07) is 50.6. The van der Waals surface area contributed by atoms with Crippen LogP contribution in [0.4, 0.5) is 0 Å². The predicted octanol–water partition coefficient (Wildman–Crippen LogP) is 7.80. The molecule has 0 unspecified atom stereocenters. The third-order valence-electron chi connectivity index (χ3n) is 6.93. The lowest BCUT2D eigenvalue weighted by atomic mass is 9.80. The molecule has 6 rings (SSSR count). The Morgan fingerprint density at radius 1 is 0.500 bits per heavy atom. The van der Waals surface area contributed by atoms with E-state index in [0.29, 0.717) is 6.61 Å². The molecule has 5 aromatic rings. The molecule has 0 amide bonds. The molecule has 5 aromatic carbocycles. The van der Waals surface area contributed by atoms with Gasteiger partial charge in [0.2, 0.25) is 0 Å². The molecule has 0 radical (unpaired) electrons. The smallest absolute Gasteiger partial charge is 0.143 e. The second-order valence-corrected chi connectivity index (χ2v) is 9.17. The number of hydrogen-bond acceptors (Lipinski definition) is 2. The lowest BCUT2D eigenvalue weighted by Crippen LogP contribution is -2.34. The van der Waals surface area contributed by atoms with Crippen LogP contribution < -0.4 is 0 Å². The molecular weight excluding hydrogens is 440 g/mol. The van der Waals surface area contributed by atoms with E-state index in [1.54, 1.807) is 0 Å². The fourth-order valence-corrected chi connectivity index (χ4v) is 5.03. The Kier molecular flexibility index (Phi) is 6.21. The summed E-state index contributed by atoms with van der Waals surface area (Å²) in [6.45, 7) is 0.490. The van der Waals surface area contributed by atoms with Gasteiger partial charge in [0, 0.05) is 0 Å². The number of hydrogen-bond donors (Lipinski definition) is 0. The SMILES string of the molecule is c1ccc(-c2ccc([C@@H]3O[C@H]3COC(c3ccccc3)(c3ccccc3)c3ccccc3)cc2)cc1. The van der Waals surface area contributed by atoms with E-state index in [0.717, 1.165) is 16.7 Å². The number of rotatable bonds is 8. The van der Waals surface area contributed by atoms with E-state index in [9.17, 15) is 0 Å². The van der Waals surface area contributed by atoms with Crippen LogP contribution in [-0.2, 0) is 15.1 Å². The standard InChI is InChI=1S/C34H28O2/c1-5-13-26(14-6-1)27-21-23-28(24-22-27)33-32(36-33)25-35-34(29-15-7-2-8-16-29,30-17-9-3-10-18-30)31-19-11-4-12-20-31/h1-24,32-33H,25H2/t32-,33-/m0/s1. The van der Waals surface area contributed by atoms with Crippen LogP contribution in [0, 0.1) is 0 Å². The lowest BCUT2D eigenvalue weighted by molar-refractivity contribution is 0.00427. The molecule has 2 heteroatoms. The highest BCUT2D eigenvalue weighted by Crippen LogP contribution is 2.44. The molecule has 1 saturated heterocycles. The molecule has 2 nitrogen and oxygen atoms in total. The third-order valence-corrected chi connectivity index (χ3v) is 6.93. The third kappa shape index (κ3) is 4.37. The molecular formula is C34H28O2. The summed E-state index contributed by atoms with van der Waals surface area (Å²) in [5, 5.41) is 0. The molecule has 0 N–H and O–H groups in total. The molecule has 1 fully saturated rings. The Morgan fingerprint density at radius 3 is 1.39 bits per heavy atom. The molecule has 176 valence electrons. The highest BCUT2D eigenvalue weighted by molar-refractivity contribution is 5.63. The Morgan fingerprint density at radius 2 is 0.917 bits per heavy atom. The first-order chi connectivity index (χ1) is 17.8. The second-order valence-electron chi connectivity index (χ2n) is 9.17. The van der Waals surface area contributed by atoms with Crippen LogP contribution in [0.25, 0.3) is 11.1 Å². The Bertz CT molecular complexity index is 1290. The minimum atomic E-state index is -0.725. The van der Waals surface area contributed by atoms with Crippen molar-refractivity contribution in [3.8, 4) is 11.1 Å². The van der Waals surface area contributed by atoms with Crippen molar-refractivity contribution in [1.29, 1.82) is 0 Å². The van der Waals surface area contributed by atoms with Crippen molar-refractivity contribution in [1.82, 2.24) is 0 Å². The lowest BCUT2D eigenvalue weighted by Gasteiger charge is -2.35. The van der Waals surface area contributed by atoms with Crippen LogP contribution in [-0.4, -0.2) is 12.7 Å². The van der Waals surface area contributed by atoms with Crippen LogP contribution in [0.15, 0.2) is 146 Å². The summed E-state index contributed by atoms with van der Waals surface area (Å²) in [4.78, 5) is 0.